The molecule has 0 atom stereocenters. The zero-order valence-electron chi connectivity index (χ0n) is 10.8. The number of hydrogen-bond acceptors (Lipinski definition) is 4. The first-order chi connectivity index (χ1) is 9.70. The second-order valence-corrected chi connectivity index (χ2v) is 4.84. The Bertz CT molecular complexity index is 691. The van der Waals surface area contributed by atoms with Crippen LogP contribution in [0.1, 0.15) is 34.6 Å². The van der Waals surface area contributed by atoms with Crippen LogP contribution in [0.25, 0.3) is 5.69 Å². The van der Waals surface area contributed by atoms with Gasteiger partial charge >= 0.3 is 0 Å². The number of aryl methyl sites for hydroxylation is 1. The molecule has 0 radical (unpaired) electrons. The molecule has 0 aliphatic heterocycles. The van der Waals surface area contributed by atoms with Crippen molar-refractivity contribution in [2.45, 2.75) is 25.7 Å². The number of nitrogens with zero attached hydrogens (tertiary/aromatic N) is 3. The van der Waals surface area contributed by atoms with Crippen LogP contribution in [0.15, 0.2) is 24.5 Å². The Morgan fingerprint density at radius 1 is 1.30 bits per heavy atom. The molecule has 0 N–H and O–H groups in total. The van der Waals surface area contributed by atoms with Crippen molar-refractivity contribution >= 4 is 12.0 Å². The molecule has 0 unspecified atom stereocenters. The molecule has 102 valence electrons. The topological polar surface area (TPSA) is 78.0 Å². The van der Waals surface area contributed by atoms with Gasteiger partial charge in [-0.3, -0.25) is 19.5 Å². The predicted molar refractivity (Wildman–Crippen MR) is 72.2 cm³/mol. The lowest BCUT2D eigenvalue weighted by atomic mass is 10.0. The molecule has 1 aromatic carbocycles. The number of aldehydes is 1. The summed E-state index contributed by atoms with van der Waals surface area (Å²) in [6.45, 7) is 0. The predicted octanol–water partition coefficient (Wildman–Crippen LogP) is 2.47. The van der Waals surface area contributed by atoms with Gasteiger partial charge in [-0.2, -0.15) is 0 Å². The molecule has 0 saturated heterocycles. The number of carbonyl (C=O) groups excluding carboxylic acids is 1. The highest BCUT2D eigenvalue weighted by atomic mass is 16.6. The zero-order valence-corrected chi connectivity index (χ0v) is 10.8. The summed E-state index contributed by atoms with van der Waals surface area (Å²) < 4.78 is 1.78. The summed E-state index contributed by atoms with van der Waals surface area (Å²) in [6, 6.07) is 4.50. The van der Waals surface area contributed by atoms with Crippen LogP contribution in [-0.2, 0) is 12.8 Å². The van der Waals surface area contributed by atoms with Crippen LogP contribution >= 0.6 is 0 Å². The molecule has 3 rings (SSSR count). The molecule has 0 fully saturated rings. The monoisotopic (exact) mass is 271 g/mol. The molecule has 0 amide bonds. The van der Waals surface area contributed by atoms with E-state index in [1.807, 2.05) is 0 Å². The van der Waals surface area contributed by atoms with E-state index < -0.39 is 4.92 Å². The smallest absolute Gasteiger partial charge is 0.293 e. The van der Waals surface area contributed by atoms with E-state index in [1.54, 1.807) is 23.0 Å². The van der Waals surface area contributed by atoms with Crippen molar-refractivity contribution in [1.82, 2.24) is 9.55 Å². The minimum absolute atomic E-state index is 0.0691. The molecule has 0 saturated carbocycles. The minimum Gasteiger partial charge on any atom is -0.298 e. The number of carbonyl (C=O) groups is 1. The van der Waals surface area contributed by atoms with Crippen molar-refractivity contribution in [1.29, 1.82) is 0 Å². The van der Waals surface area contributed by atoms with Gasteiger partial charge in [0.2, 0.25) is 0 Å². The van der Waals surface area contributed by atoms with E-state index in [0.717, 1.165) is 37.1 Å². The summed E-state index contributed by atoms with van der Waals surface area (Å²) in [4.78, 5) is 25.9. The quantitative estimate of drug-likeness (QED) is 0.488. The Kier molecular flexibility index (Phi) is 3.06. The van der Waals surface area contributed by atoms with E-state index in [1.165, 1.54) is 6.07 Å². The number of imidazole rings is 1. The van der Waals surface area contributed by atoms with Gasteiger partial charge < -0.3 is 0 Å². The summed E-state index contributed by atoms with van der Waals surface area (Å²) in [5, 5.41) is 11.2. The zero-order chi connectivity index (χ0) is 14.1. The molecule has 0 spiro atoms. The highest BCUT2D eigenvalue weighted by molar-refractivity contribution is 5.77. The molecule has 1 aliphatic carbocycles. The van der Waals surface area contributed by atoms with Gasteiger partial charge in [0.05, 0.1) is 16.9 Å². The minimum atomic E-state index is -0.461. The van der Waals surface area contributed by atoms with E-state index in [0.29, 0.717) is 17.5 Å². The molecular weight excluding hydrogens is 258 g/mol. The number of rotatable bonds is 3. The van der Waals surface area contributed by atoms with Crippen molar-refractivity contribution in [3.8, 4) is 5.69 Å². The van der Waals surface area contributed by atoms with Gasteiger partial charge in [-0.05, 0) is 37.8 Å². The Labute approximate surface area is 115 Å². The molecule has 0 bridgehead atoms. The fourth-order valence-corrected chi connectivity index (χ4v) is 2.64. The van der Waals surface area contributed by atoms with Gasteiger partial charge in [0.25, 0.3) is 5.69 Å². The lowest BCUT2D eigenvalue weighted by Crippen LogP contribution is -2.08. The second-order valence-electron chi connectivity index (χ2n) is 4.84. The second kappa shape index (κ2) is 4.88. The SMILES string of the molecule is O=Cc1ccc(-n2cnc3c2CCCC3)c([N+](=O)[O-])c1. The molecule has 1 aliphatic rings. The third-order valence-electron chi connectivity index (χ3n) is 3.62. The van der Waals surface area contributed by atoms with E-state index >= 15 is 0 Å². The average Bonchev–Trinajstić information content (AvgIpc) is 2.90. The van der Waals surface area contributed by atoms with Gasteiger partial charge in [0.1, 0.15) is 12.0 Å². The normalized spacial score (nSPS) is 13.8. The maximum Gasteiger partial charge on any atom is 0.293 e. The Morgan fingerprint density at radius 2 is 2.10 bits per heavy atom. The summed E-state index contributed by atoms with van der Waals surface area (Å²) in [5.74, 6) is 0. The number of nitro benzene ring substituents is 1. The standard InChI is InChI=1S/C14H13N3O3/c18-8-10-5-6-13(14(7-10)17(19)20)16-9-15-11-3-1-2-4-12(11)16/h5-9H,1-4H2. The highest BCUT2D eigenvalue weighted by Gasteiger charge is 2.22. The number of hydrogen-bond donors (Lipinski definition) is 0. The molecular formula is C14H13N3O3. The third kappa shape index (κ3) is 1.99. The van der Waals surface area contributed by atoms with Crippen LogP contribution in [0.4, 0.5) is 5.69 Å². The van der Waals surface area contributed by atoms with Crippen LogP contribution in [-0.4, -0.2) is 20.8 Å². The average molecular weight is 271 g/mol. The molecule has 1 heterocycles. The number of benzene rings is 1. The van der Waals surface area contributed by atoms with Crippen molar-refractivity contribution in [3.05, 3.63) is 51.6 Å². The van der Waals surface area contributed by atoms with Crippen LogP contribution in [0.5, 0.6) is 0 Å². The molecule has 1 aromatic heterocycles. The first-order valence-corrected chi connectivity index (χ1v) is 6.50. The van der Waals surface area contributed by atoms with Crippen LogP contribution in [0.2, 0.25) is 0 Å². The Morgan fingerprint density at radius 3 is 2.85 bits per heavy atom. The van der Waals surface area contributed by atoms with Gasteiger partial charge in [-0.1, -0.05) is 0 Å². The summed E-state index contributed by atoms with van der Waals surface area (Å²) in [5.41, 5.74) is 2.76. The van der Waals surface area contributed by atoms with Crippen molar-refractivity contribution in [3.63, 3.8) is 0 Å². The maximum atomic E-state index is 11.2. The molecule has 20 heavy (non-hydrogen) atoms. The van der Waals surface area contributed by atoms with Gasteiger partial charge in [-0.25, -0.2) is 4.98 Å². The molecule has 2 aromatic rings. The van der Waals surface area contributed by atoms with Crippen molar-refractivity contribution in [2.75, 3.05) is 0 Å². The van der Waals surface area contributed by atoms with Gasteiger partial charge in [0.15, 0.2) is 0 Å². The summed E-state index contributed by atoms with van der Waals surface area (Å²) >= 11 is 0. The molecule has 6 heteroatoms. The van der Waals surface area contributed by atoms with Crippen molar-refractivity contribution in [2.24, 2.45) is 0 Å². The summed E-state index contributed by atoms with van der Waals surface area (Å²) in [7, 11) is 0. The van der Waals surface area contributed by atoms with Crippen LogP contribution in [0, 0.1) is 10.1 Å². The van der Waals surface area contributed by atoms with Crippen LogP contribution < -0.4 is 0 Å². The van der Waals surface area contributed by atoms with Gasteiger partial charge in [-0.15, -0.1) is 0 Å². The lowest BCUT2D eigenvalue weighted by molar-refractivity contribution is -0.384. The maximum absolute atomic E-state index is 11.2. The van der Waals surface area contributed by atoms with E-state index in [9.17, 15) is 14.9 Å². The molecule has 6 nitrogen and oxygen atoms in total. The Balaban J connectivity index is 2.16. The largest absolute Gasteiger partial charge is 0.298 e. The Hall–Kier alpha value is -2.50. The van der Waals surface area contributed by atoms with E-state index in [4.69, 9.17) is 0 Å². The number of aromatic nitrogens is 2. The number of nitro groups is 1. The van der Waals surface area contributed by atoms with E-state index in [2.05, 4.69) is 4.98 Å². The summed E-state index contributed by atoms with van der Waals surface area (Å²) in [6.07, 6.45) is 6.22. The van der Waals surface area contributed by atoms with Crippen molar-refractivity contribution < 1.29 is 9.72 Å². The van der Waals surface area contributed by atoms with Gasteiger partial charge in [0, 0.05) is 17.3 Å². The van der Waals surface area contributed by atoms with E-state index in [-0.39, 0.29) is 5.69 Å². The highest BCUT2D eigenvalue weighted by Crippen LogP contribution is 2.29. The number of fused-ring (bicyclic) bond motifs is 1. The fourth-order valence-electron chi connectivity index (χ4n) is 2.64. The fraction of sp³-hybridized carbons (Fsp3) is 0.286. The van der Waals surface area contributed by atoms with Crippen LogP contribution in [0.3, 0.4) is 0 Å². The third-order valence-corrected chi connectivity index (χ3v) is 3.62. The first-order valence-electron chi connectivity index (χ1n) is 6.50. The lowest BCUT2D eigenvalue weighted by Gasteiger charge is -2.14. The first kappa shape index (κ1) is 12.5.